The first-order valence-electron chi connectivity index (χ1n) is 6.78. The van der Waals surface area contributed by atoms with Crippen LogP contribution in [0.5, 0.6) is 0 Å². The number of nitrogens with two attached hydrogens (primary N) is 1. The third-order valence-electron chi connectivity index (χ3n) is 2.96. The third-order valence-corrected chi connectivity index (χ3v) is 4.72. The first kappa shape index (κ1) is 15.5. The summed E-state index contributed by atoms with van der Waals surface area (Å²) in [5.41, 5.74) is 6.13. The molecular weight excluding hydrogens is 292 g/mol. The lowest BCUT2D eigenvalue weighted by Crippen LogP contribution is -2.20. The first-order valence-corrected chi connectivity index (χ1v) is 8.51. The molecule has 2 heterocycles. The van der Waals surface area contributed by atoms with Crippen LogP contribution in [0.3, 0.4) is 0 Å². The molecule has 0 saturated heterocycles. The summed E-state index contributed by atoms with van der Waals surface area (Å²) in [5, 5.41) is -0.106. The summed E-state index contributed by atoms with van der Waals surface area (Å²) in [6, 6.07) is 0. The number of rotatable bonds is 5. The third kappa shape index (κ3) is 2.92. The fourth-order valence-corrected chi connectivity index (χ4v) is 3.33. The van der Waals surface area contributed by atoms with E-state index in [1.807, 2.05) is 20.8 Å². The van der Waals surface area contributed by atoms with E-state index in [0.717, 1.165) is 0 Å². The Kier molecular flexibility index (Phi) is 4.04. The molecule has 4 N–H and O–H groups in total. The normalized spacial score (nSPS) is 14.7. The van der Waals surface area contributed by atoms with E-state index in [1.165, 1.54) is 4.57 Å². The Labute approximate surface area is 122 Å². The van der Waals surface area contributed by atoms with Crippen molar-refractivity contribution >= 4 is 26.7 Å². The van der Waals surface area contributed by atoms with Gasteiger partial charge < -0.3 is 10.7 Å². The second-order valence-corrected chi connectivity index (χ2v) is 7.53. The van der Waals surface area contributed by atoms with Crippen molar-refractivity contribution in [3.8, 4) is 0 Å². The summed E-state index contributed by atoms with van der Waals surface area (Å²) in [6.07, 6.45) is 0.579. The topological polar surface area (TPSA) is 131 Å². The molecule has 1 atom stereocenters. The Morgan fingerprint density at radius 2 is 2.10 bits per heavy atom. The molecule has 0 fully saturated rings. The zero-order valence-corrected chi connectivity index (χ0v) is 13.2. The van der Waals surface area contributed by atoms with Gasteiger partial charge in [-0.3, -0.25) is 4.57 Å². The van der Waals surface area contributed by atoms with Gasteiger partial charge >= 0.3 is 5.69 Å². The lowest BCUT2D eigenvalue weighted by Gasteiger charge is -2.08. The van der Waals surface area contributed by atoms with E-state index < -0.39 is 9.73 Å². The van der Waals surface area contributed by atoms with E-state index in [1.54, 1.807) is 0 Å². The number of fused-ring (bicyclic) bond motifs is 1. The molecule has 0 aliphatic carbocycles. The number of aromatic amines is 1. The lowest BCUT2D eigenvalue weighted by molar-refractivity contribution is 0.519. The van der Waals surface area contributed by atoms with Crippen LogP contribution >= 0.6 is 0 Å². The van der Waals surface area contributed by atoms with Crippen molar-refractivity contribution in [1.82, 2.24) is 19.5 Å². The molecule has 0 aromatic carbocycles. The number of anilines is 1. The standard InChI is InChI=1S/C12H20N6O2S/c1-4-5-21(14,20)11-16-9(13)8-10(17-11)18(6-7(2)3)12(19)15-8/h7,14H,4-6H2,1-3H3,(H,15,19)(H2,13,16,17). The molecule has 2 aromatic rings. The van der Waals surface area contributed by atoms with Crippen LogP contribution in [0.15, 0.2) is 9.95 Å². The van der Waals surface area contributed by atoms with E-state index in [-0.39, 0.29) is 28.3 Å². The van der Waals surface area contributed by atoms with E-state index in [9.17, 15) is 9.00 Å². The average Bonchev–Trinajstić information content (AvgIpc) is 2.67. The summed E-state index contributed by atoms with van der Waals surface area (Å²) in [5.74, 6) is 0.444. The minimum absolute atomic E-state index is 0.0469. The van der Waals surface area contributed by atoms with Gasteiger partial charge in [0.15, 0.2) is 11.5 Å². The molecule has 8 nitrogen and oxygen atoms in total. The van der Waals surface area contributed by atoms with Crippen molar-refractivity contribution in [3.63, 3.8) is 0 Å². The van der Waals surface area contributed by atoms with Crippen molar-refractivity contribution in [2.45, 2.75) is 38.9 Å². The van der Waals surface area contributed by atoms with E-state index in [0.29, 0.717) is 24.1 Å². The number of hydrogen-bond donors (Lipinski definition) is 3. The van der Waals surface area contributed by atoms with Gasteiger partial charge in [0.2, 0.25) is 5.16 Å². The fourth-order valence-electron chi connectivity index (χ4n) is 2.09. The molecule has 0 amide bonds. The minimum Gasteiger partial charge on any atom is -0.382 e. The molecule has 0 aliphatic heterocycles. The van der Waals surface area contributed by atoms with Gasteiger partial charge in [-0.15, -0.1) is 0 Å². The Bertz CT molecular complexity index is 818. The van der Waals surface area contributed by atoms with E-state index >= 15 is 0 Å². The highest BCUT2D eigenvalue weighted by atomic mass is 32.2. The zero-order valence-electron chi connectivity index (χ0n) is 12.3. The maximum absolute atomic E-state index is 12.3. The van der Waals surface area contributed by atoms with Gasteiger partial charge in [0.25, 0.3) is 0 Å². The van der Waals surface area contributed by atoms with Crippen LogP contribution in [0.2, 0.25) is 0 Å². The molecule has 21 heavy (non-hydrogen) atoms. The number of nitrogen functional groups attached to an aromatic ring is 1. The molecule has 2 aromatic heterocycles. The number of H-pyrrole nitrogens is 1. The SMILES string of the molecule is CCCS(=N)(=O)c1nc(N)c2[nH]c(=O)n(CC(C)C)c2n1. The van der Waals surface area contributed by atoms with Crippen molar-refractivity contribution in [3.05, 3.63) is 10.5 Å². The van der Waals surface area contributed by atoms with Crippen molar-refractivity contribution in [1.29, 1.82) is 4.78 Å². The molecule has 0 aliphatic rings. The van der Waals surface area contributed by atoms with Gasteiger partial charge in [0, 0.05) is 12.3 Å². The molecule has 9 heteroatoms. The molecule has 1 unspecified atom stereocenters. The maximum Gasteiger partial charge on any atom is 0.327 e. The van der Waals surface area contributed by atoms with Gasteiger partial charge in [0.05, 0.1) is 0 Å². The number of aromatic nitrogens is 4. The highest BCUT2D eigenvalue weighted by Crippen LogP contribution is 2.18. The van der Waals surface area contributed by atoms with Crippen LogP contribution in [0, 0.1) is 10.7 Å². The van der Waals surface area contributed by atoms with Crippen molar-refractivity contribution in [2.24, 2.45) is 5.92 Å². The Balaban J connectivity index is 2.71. The largest absolute Gasteiger partial charge is 0.382 e. The number of imidazole rings is 1. The van der Waals surface area contributed by atoms with E-state index in [4.69, 9.17) is 10.5 Å². The van der Waals surface area contributed by atoms with Crippen LogP contribution in [0.25, 0.3) is 11.2 Å². The first-order chi connectivity index (χ1) is 9.76. The smallest absolute Gasteiger partial charge is 0.327 e. The Morgan fingerprint density at radius 1 is 1.43 bits per heavy atom. The Morgan fingerprint density at radius 3 is 2.67 bits per heavy atom. The summed E-state index contributed by atoms with van der Waals surface area (Å²) < 4.78 is 21.7. The van der Waals surface area contributed by atoms with Crippen LogP contribution in [0.4, 0.5) is 5.82 Å². The average molecular weight is 312 g/mol. The van der Waals surface area contributed by atoms with Gasteiger partial charge in [-0.25, -0.2) is 18.8 Å². The van der Waals surface area contributed by atoms with Crippen LogP contribution < -0.4 is 11.4 Å². The minimum atomic E-state index is -3.09. The fraction of sp³-hybridized carbons (Fsp3) is 0.583. The van der Waals surface area contributed by atoms with Gasteiger partial charge in [0.1, 0.15) is 15.2 Å². The van der Waals surface area contributed by atoms with Crippen molar-refractivity contribution < 1.29 is 4.21 Å². The Hall–Kier alpha value is -1.90. The summed E-state index contributed by atoms with van der Waals surface area (Å²) >= 11 is 0. The molecular formula is C12H20N6O2S. The van der Waals surface area contributed by atoms with Crippen LogP contribution in [-0.2, 0) is 16.3 Å². The van der Waals surface area contributed by atoms with Crippen LogP contribution in [0.1, 0.15) is 27.2 Å². The zero-order chi connectivity index (χ0) is 15.8. The molecule has 0 saturated carbocycles. The molecule has 116 valence electrons. The number of nitrogens with zero attached hydrogens (tertiary/aromatic N) is 3. The predicted octanol–water partition coefficient (Wildman–Crippen LogP) is 1.17. The quantitative estimate of drug-likeness (QED) is 0.713. The number of hydrogen-bond acceptors (Lipinski definition) is 6. The molecule has 0 bridgehead atoms. The summed E-state index contributed by atoms with van der Waals surface area (Å²) in [6.45, 7) is 6.24. The molecule has 0 spiro atoms. The highest BCUT2D eigenvalue weighted by Gasteiger charge is 2.19. The van der Waals surface area contributed by atoms with E-state index in [2.05, 4.69) is 15.0 Å². The van der Waals surface area contributed by atoms with Gasteiger partial charge in [-0.1, -0.05) is 20.8 Å². The molecule has 2 rings (SSSR count). The predicted molar refractivity (Wildman–Crippen MR) is 81.7 cm³/mol. The maximum atomic E-state index is 12.3. The summed E-state index contributed by atoms with van der Waals surface area (Å²) in [7, 11) is -3.09. The van der Waals surface area contributed by atoms with Gasteiger partial charge in [-0.2, -0.15) is 4.98 Å². The highest BCUT2D eigenvalue weighted by molar-refractivity contribution is 7.92. The molecule has 0 radical (unpaired) electrons. The van der Waals surface area contributed by atoms with Gasteiger partial charge in [-0.05, 0) is 12.3 Å². The lowest BCUT2D eigenvalue weighted by atomic mass is 10.2. The van der Waals surface area contributed by atoms with Crippen molar-refractivity contribution in [2.75, 3.05) is 11.5 Å². The second kappa shape index (κ2) is 5.47. The summed E-state index contributed by atoms with van der Waals surface area (Å²) in [4.78, 5) is 22.7. The monoisotopic (exact) mass is 312 g/mol. The number of nitrogens with one attached hydrogen (secondary N) is 2. The van der Waals surface area contributed by atoms with Crippen LogP contribution in [-0.4, -0.2) is 29.5 Å². The second-order valence-electron chi connectivity index (χ2n) is 5.40.